The zero-order valence-corrected chi connectivity index (χ0v) is 14.8. The molecule has 0 bridgehead atoms. The van der Waals surface area contributed by atoms with Crippen LogP contribution in [-0.4, -0.2) is 18.9 Å². The summed E-state index contributed by atoms with van der Waals surface area (Å²) in [6, 6.07) is 4.31. The molecule has 1 aliphatic carbocycles. The summed E-state index contributed by atoms with van der Waals surface area (Å²) in [5.41, 5.74) is 4.82. The van der Waals surface area contributed by atoms with Crippen molar-refractivity contribution in [3.05, 3.63) is 34.4 Å². The van der Waals surface area contributed by atoms with Gasteiger partial charge >= 0.3 is 5.97 Å². The van der Waals surface area contributed by atoms with Gasteiger partial charge in [-0.05, 0) is 49.8 Å². The Kier molecular flexibility index (Phi) is 5.97. The molecule has 1 fully saturated rings. The molecule has 0 aromatic heterocycles. The maximum Gasteiger partial charge on any atom is 0.309 e. The van der Waals surface area contributed by atoms with Crippen LogP contribution in [0.25, 0.3) is 0 Å². The molecule has 126 valence electrons. The Morgan fingerprint density at radius 1 is 1.13 bits per heavy atom. The van der Waals surface area contributed by atoms with Crippen LogP contribution in [0.3, 0.4) is 0 Å². The quantitative estimate of drug-likeness (QED) is 0.772. The van der Waals surface area contributed by atoms with E-state index in [1.165, 1.54) is 23.8 Å². The van der Waals surface area contributed by atoms with Crippen LogP contribution >= 0.6 is 0 Å². The molecule has 2 unspecified atom stereocenters. The van der Waals surface area contributed by atoms with Gasteiger partial charge in [0.15, 0.2) is 0 Å². The highest BCUT2D eigenvalue weighted by molar-refractivity contribution is 5.88. The van der Waals surface area contributed by atoms with Crippen LogP contribution in [0, 0.1) is 25.7 Å². The first-order chi connectivity index (χ1) is 11.0. The van der Waals surface area contributed by atoms with Crippen LogP contribution in [0.5, 0.6) is 0 Å². The second kappa shape index (κ2) is 7.76. The van der Waals surface area contributed by atoms with Crippen LogP contribution < -0.4 is 0 Å². The van der Waals surface area contributed by atoms with Crippen molar-refractivity contribution >= 4 is 11.8 Å². The summed E-state index contributed by atoms with van der Waals surface area (Å²) >= 11 is 0. The first-order valence-electron chi connectivity index (χ1n) is 8.67. The number of methoxy groups -OCH3 is 1. The highest BCUT2D eigenvalue weighted by Crippen LogP contribution is 2.33. The summed E-state index contributed by atoms with van der Waals surface area (Å²) < 4.78 is 4.91. The molecule has 2 atom stereocenters. The fourth-order valence-corrected chi connectivity index (χ4v) is 3.91. The minimum absolute atomic E-state index is 0.179. The third kappa shape index (κ3) is 4.01. The molecule has 2 rings (SSSR count). The van der Waals surface area contributed by atoms with Crippen molar-refractivity contribution in [1.82, 2.24) is 0 Å². The average molecular weight is 316 g/mol. The summed E-state index contributed by atoms with van der Waals surface area (Å²) in [6.45, 7) is 6.29. The van der Waals surface area contributed by atoms with E-state index < -0.39 is 0 Å². The number of carbonyl (C=O) groups is 2. The van der Waals surface area contributed by atoms with E-state index in [9.17, 15) is 9.59 Å². The van der Waals surface area contributed by atoms with Crippen LogP contribution in [0.1, 0.15) is 54.9 Å². The molecule has 23 heavy (non-hydrogen) atoms. The lowest BCUT2D eigenvalue weighted by Gasteiger charge is -2.29. The fraction of sp³-hybridized carbons (Fsp3) is 0.600. The molecule has 0 amide bonds. The monoisotopic (exact) mass is 316 g/mol. The van der Waals surface area contributed by atoms with Crippen LogP contribution in [-0.2, 0) is 27.2 Å². The Morgan fingerprint density at radius 2 is 1.78 bits per heavy atom. The van der Waals surface area contributed by atoms with E-state index in [4.69, 9.17) is 4.74 Å². The Hall–Kier alpha value is -1.64. The molecule has 0 spiro atoms. The minimum atomic E-state index is -0.253. The maximum atomic E-state index is 12.9. The van der Waals surface area contributed by atoms with Crippen LogP contribution in [0.4, 0.5) is 0 Å². The van der Waals surface area contributed by atoms with Crippen molar-refractivity contribution in [3.8, 4) is 0 Å². The largest absolute Gasteiger partial charge is 0.469 e. The van der Waals surface area contributed by atoms with Crippen molar-refractivity contribution in [2.45, 2.75) is 59.3 Å². The van der Waals surface area contributed by atoms with Crippen LogP contribution in [0.15, 0.2) is 12.1 Å². The number of hydrogen-bond acceptors (Lipinski definition) is 3. The van der Waals surface area contributed by atoms with Gasteiger partial charge < -0.3 is 4.74 Å². The summed E-state index contributed by atoms with van der Waals surface area (Å²) in [6.07, 6.45) is 4.98. The normalized spacial score (nSPS) is 21.0. The molecule has 0 N–H and O–H groups in total. The van der Waals surface area contributed by atoms with E-state index in [-0.39, 0.29) is 23.6 Å². The molecule has 3 heteroatoms. The van der Waals surface area contributed by atoms with Gasteiger partial charge in [-0.15, -0.1) is 0 Å². The number of benzene rings is 1. The molecule has 1 aromatic carbocycles. The molecule has 0 saturated heterocycles. The van der Waals surface area contributed by atoms with E-state index >= 15 is 0 Å². The van der Waals surface area contributed by atoms with E-state index in [1.807, 2.05) is 0 Å². The summed E-state index contributed by atoms with van der Waals surface area (Å²) in [5.74, 6) is -0.458. The number of ether oxygens (including phenoxy) is 1. The zero-order chi connectivity index (χ0) is 17.0. The molecular weight excluding hydrogens is 288 g/mol. The molecule has 1 aromatic rings. The standard InChI is InChI=1S/C20H28O3/c1-5-15-11-13(2)10-14(3)18(15)12-19(21)16-8-6-7-9-17(16)20(22)23-4/h10-11,16-17H,5-9,12H2,1-4H3. The molecule has 0 aliphatic heterocycles. The Balaban J connectivity index is 2.22. The van der Waals surface area contributed by atoms with Gasteiger partial charge in [0.05, 0.1) is 13.0 Å². The van der Waals surface area contributed by atoms with Gasteiger partial charge in [0.1, 0.15) is 5.78 Å². The van der Waals surface area contributed by atoms with Gasteiger partial charge in [-0.1, -0.05) is 37.5 Å². The smallest absolute Gasteiger partial charge is 0.309 e. The van der Waals surface area contributed by atoms with E-state index in [1.54, 1.807) is 0 Å². The lowest BCUT2D eigenvalue weighted by molar-refractivity contribution is -0.151. The van der Waals surface area contributed by atoms with Gasteiger partial charge in [-0.2, -0.15) is 0 Å². The van der Waals surface area contributed by atoms with E-state index in [0.717, 1.165) is 37.7 Å². The van der Waals surface area contributed by atoms with E-state index in [2.05, 4.69) is 32.9 Å². The van der Waals surface area contributed by atoms with Crippen molar-refractivity contribution in [2.24, 2.45) is 11.8 Å². The highest BCUT2D eigenvalue weighted by atomic mass is 16.5. The van der Waals surface area contributed by atoms with Crippen molar-refractivity contribution < 1.29 is 14.3 Å². The third-order valence-corrected chi connectivity index (χ3v) is 5.13. The van der Waals surface area contributed by atoms with Crippen molar-refractivity contribution in [1.29, 1.82) is 0 Å². The second-order valence-corrected chi connectivity index (χ2v) is 6.74. The van der Waals surface area contributed by atoms with Crippen LogP contribution in [0.2, 0.25) is 0 Å². The molecule has 0 radical (unpaired) electrons. The maximum absolute atomic E-state index is 12.9. The first kappa shape index (κ1) is 17.7. The second-order valence-electron chi connectivity index (χ2n) is 6.74. The number of Topliss-reactive ketones (excluding diaryl/α,β-unsaturated/α-hetero) is 1. The number of hydrogen-bond donors (Lipinski definition) is 0. The number of carbonyl (C=O) groups excluding carboxylic acids is 2. The number of esters is 1. The molecule has 3 nitrogen and oxygen atoms in total. The molecule has 0 heterocycles. The molecule has 1 aliphatic rings. The zero-order valence-electron chi connectivity index (χ0n) is 14.8. The van der Waals surface area contributed by atoms with Gasteiger partial charge in [-0.3, -0.25) is 9.59 Å². The predicted molar refractivity (Wildman–Crippen MR) is 91.5 cm³/mol. The first-order valence-corrected chi connectivity index (χ1v) is 8.67. The van der Waals surface area contributed by atoms with Gasteiger partial charge in [0, 0.05) is 12.3 Å². The van der Waals surface area contributed by atoms with Crippen molar-refractivity contribution in [2.75, 3.05) is 7.11 Å². The highest BCUT2D eigenvalue weighted by Gasteiger charge is 2.36. The topological polar surface area (TPSA) is 43.4 Å². The fourth-order valence-electron chi connectivity index (χ4n) is 3.91. The predicted octanol–water partition coefficient (Wildman–Crippen LogP) is 3.96. The Labute approximate surface area is 139 Å². The third-order valence-electron chi connectivity index (χ3n) is 5.13. The van der Waals surface area contributed by atoms with Gasteiger partial charge in [0.25, 0.3) is 0 Å². The van der Waals surface area contributed by atoms with E-state index in [0.29, 0.717) is 6.42 Å². The number of rotatable bonds is 5. The van der Waals surface area contributed by atoms with Gasteiger partial charge in [-0.25, -0.2) is 0 Å². The molecular formula is C20H28O3. The van der Waals surface area contributed by atoms with Gasteiger partial charge in [0.2, 0.25) is 0 Å². The lowest BCUT2D eigenvalue weighted by atomic mass is 9.75. The average Bonchev–Trinajstić information content (AvgIpc) is 2.56. The minimum Gasteiger partial charge on any atom is -0.469 e. The number of ketones is 1. The molecule has 1 saturated carbocycles. The van der Waals surface area contributed by atoms with Crippen molar-refractivity contribution in [3.63, 3.8) is 0 Å². The summed E-state index contributed by atoms with van der Waals surface area (Å²) in [7, 11) is 1.41. The summed E-state index contributed by atoms with van der Waals surface area (Å²) in [5, 5.41) is 0. The SMILES string of the molecule is CCc1cc(C)cc(C)c1CC(=O)C1CCCCC1C(=O)OC. The Bertz CT molecular complexity index is 589. The summed E-state index contributed by atoms with van der Waals surface area (Å²) in [4.78, 5) is 24.9. The lowest BCUT2D eigenvalue weighted by Crippen LogP contribution is -2.34. The number of aryl methyl sites for hydroxylation is 3. The Morgan fingerprint density at radius 3 is 2.39 bits per heavy atom.